The molecule has 1 amide bonds. The van der Waals surface area contributed by atoms with E-state index in [0.29, 0.717) is 6.42 Å². The van der Waals surface area contributed by atoms with Crippen LogP contribution in [0.1, 0.15) is 25.3 Å². The summed E-state index contributed by atoms with van der Waals surface area (Å²) in [4.78, 5) is 17.6. The van der Waals surface area contributed by atoms with Crippen LogP contribution in [-0.2, 0) is 11.2 Å². The van der Waals surface area contributed by atoms with Crippen molar-refractivity contribution < 1.29 is 4.79 Å². The molecule has 0 spiro atoms. The molecule has 1 unspecified atom stereocenters. The highest BCUT2D eigenvalue weighted by atomic mass is 35.5. The average Bonchev–Trinajstić information content (AvgIpc) is 3.56. The molecule has 4 nitrogen and oxygen atoms in total. The van der Waals surface area contributed by atoms with E-state index in [1.807, 2.05) is 43.3 Å². The van der Waals surface area contributed by atoms with Gasteiger partial charge in [-0.25, -0.2) is 0 Å². The van der Waals surface area contributed by atoms with E-state index in [1.54, 1.807) is 0 Å². The molecule has 1 atom stereocenters. The predicted molar refractivity (Wildman–Crippen MR) is 116 cm³/mol. The molecule has 1 aliphatic carbocycles. The van der Waals surface area contributed by atoms with E-state index in [4.69, 9.17) is 11.6 Å². The summed E-state index contributed by atoms with van der Waals surface area (Å²) in [7, 11) is 0. The summed E-state index contributed by atoms with van der Waals surface area (Å²) in [5.74, 6) is -0.0582. The summed E-state index contributed by atoms with van der Waals surface area (Å²) in [6.07, 6.45) is 3.46. The SMILES string of the molecule is CC(Cc1ccc(Cl)cc1)C(=O)Nc1ccc(N2CCN(C3CC3)CC2)cc1. The molecular formula is C23H28ClN3O. The van der Waals surface area contributed by atoms with Gasteiger partial charge in [-0.15, -0.1) is 0 Å². The lowest BCUT2D eigenvalue weighted by Crippen LogP contribution is -2.47. The number of hydrogen-bond donors (Lipinski definition) is 1. The number of anilines is 2. The number of carbonyl (C=O) groups is 1. The predicted octanol–water partition coefficient (Wildman–Crippen LogP) is 4.44. The molecule has 0 bridgehead atoms. The van der Waals surface area contributed by atoms with Crippen molar-refractivity contribution in [1.82, 2.24) is 4.90 Å². The molecule has 1 aliphatic heterocycles. The van der Waals surface area contributed by atoms with Gasteiger partial charge in [0, 0.05) is 54.5 Å². The third-order valence-corrected chi connectivity index (χ3v) is 6.03. The summed E-state index contributed by atoms with van der Waals surface area (Å²) in [5.41, 5.74) is 3.21. The highest BCUT2D eigenvalue weighted by molar-refractivity contribution is 6.30. The van der Waals surface area contributed by atoms with Crippen LogP contribution in [-0.4, -0.2) is 43.0 Å². The van der Waals surface area contributed by atoms with Gasteiger partial charge in [0.15, 0.2) is 0 Å². The second kappa shape index (κ2) is 8.54. The second-order valence-corrected chi connectivity index (χ2v) is 8.46. The summed E-state index contributed by atoms with van der Waals surface area (Å²) < 4.78 is 0. The molecule has 1 heterocycles. The summed E-state index contributed by atoms with van der Waals surface area (Å²) in [5, 5.41) is 3.76. The fourth-order valence-electron chi connectivity index (χ4n) is 3.87. The quantitative estimate of drug-likeness (QED) is 0.782. The Bertz CT molecular complexity index is 794. The normalized spacial score (nSPS) is 18.7. The van der Waals surface area contributed by atoms with Crippen LogP contribution in [0.4, 0.5) is 11.4 Å². The molecule has 5 heteroatoms. The van der Waals surface area contributed by atoms with Crippen molar-refractivity contribution >= 4 is 28.9 Å². The highest BCUT2D eigenvalue weighted by Gasteiger charge is 2.31. The van der Waals surface area contributed by atoms with E-state index in [2.05, 4.69) is 27.2 Å². The lowest BCUT2D eigenvalue weighted by atomic mass is 10.0. The molecule has 2 fully saturated rings. The Kier molecular flexibility index (Phi) is 5.88. The Balaban J connectivity index is 1.28. The first kappa shape index (κ1) is 19.3. The van der Waals surface area contributed by atoms with Crippen molar-refractivity contribution in [1.29, 1.82) is 0 Å². The molecule has 0 radical (unpaired) electrons. The Morgan fingerprint density at radius 1 is 1.04 bits per heavy atom. The number of piperazine rings is 1. The summed E-state index contributed by atoms with van der Waals surface area (Å²) in [6.45, 7) is 6.44. The first-order valence-electron chi connectivity index (χ1n) is 10.2. The van der Waals surface area contributed by atoms with Gasteiger partial charge in [0.2, 0.25) is 5.91 Å². The van der Waals surface area contributed by atoms with E-state index in [1.165, 1.54) is 18.5 Å². The fourth-order valence-corrected chi connectivity index (χ4v) is 4.00. The topological polar surface area (TPSA) is 35.6 Å². The number of rotatable bonds is 6. The number of halogens is 1. The largest absolute Gasteiger partial charge is 0.369 e. The van der Waals surface area contributed by atoms with E-state index < -0.39 is 0 Å². The Labute approximate surface area is 172 Å². The maximum Gasteiger partial charge on any atom is 0.227 e. The van der Waals surface area contributed by atoms with Crippen molar-refractivity contribution in [3.8, 4) is 0 Å². The van der Waals surface area contributed by atoms with Gasteiger partial charge in [-0.3, -0.25) is 9.69 Å². The van der Waals surface area contributed by atoms with Crippen LogP contribution in [0, 0.1) is 5.92 Å². The number of benzene rings is 2. The average molecular weight is 398 g/mol. The zero-order chi connectivity index (χ0) is 19.5. The van der Waals surface area contributed by atoms with Crippen molar-refractivity contribution in [2.24, 2.45) is 5.92 Å². The molecule has 2 aliphatic rings. The zero-order valence-corrected chi connectivity index (χ0v) is 17.2. The molecule has 2 aromatic rings. The summed E-state index contributed by atoms with van der Waals surface area (Å²) >= 11 is 5.93. The van der Waals surface area contributed by atoms with E-state index in [-0.39, 0.29) is 11.8 Å². The smallest absolute Gasteiger partial charge is 0.227 e. The number of carbonyl (C=O) groups excluding carboxylic acids is 1. The first-order chi connectivity index (χ1) is 13.6. The van der Waals surface area contributed by atoms with Gasteiger partial charge in [-0.1, -0.05) is 30.7 Å². The van der Waals surface area contributed by atoms with E-state index >= 15 is 0 Å². The van der Waals surface area contributed by atoms with Gasteiger partial charge in [0.25, 0.3) is 0 Å². The van der Waals surface area contributed by atoms with Crippen molar-refractivity contribution in [3.05, 3.63) is 59.1 Å². The minimum absolute atomic E-state index is 0.0424. The van der Waals surface area contributed by atoms with Crippen LogP contribution in [0.3, 0.4) is 0 Å². The third-order valence-electron chi connectivity index (χ3n) is 5.78. The second-order valence-electron chi connectivity index (χ2n) is 8.02. The van der Waals surface area contributed by atoms with Crippen LogP contribution in [0.2, 0.25) is 5.02 Å². The van der Waals surface area contributed by atoms with E-state index in [0.717, 1.165) is 48.5 Å². The number of nitrogens with zero attached hydrogens (tertiary/aromatic N) is 2. The minimum Gasteiger partial charge on any atom is -0.369 e. The Morgan fingerprint density at radius 3 is 2.29 bits per heavy atom. The first-order valence-corrected chi connectivity index (χ1v) is 10.6. The molecular weight excluding hydrogens is 370 g/mol. The molecule has 0 aromatic heterocycles. The zero-order valence-electron chi connectivity index (χ0n) is 16.4. The molecule has 2 aromatic carbocycles. The van der Waals surface area contributed by atoms with Crippen LogP contribution in [0.5, 0.6) is 0 Å². The monoisotopic (exact) mass is 397 g/mol. The lowest BCUT2D eigenvalue weighted by molar-refractivity contribution is -0.119. The maximum absolute atomic E-state index is 12.5. The molecule has 4 rings (SSSR count). The number of amides is 1. The molecule has 1 saturated heterocycles. The number of hydrogen-bond acceptors (Lipinski definition) is 3. The Hall–Kier alpha value is -2.04. The minimum atomic E-state index is -0.101. The van der Waals surface area contributed by atoms with Crippen molar-refractivity contribution in [2.45, 2.75) is 32.2 Å². The summed E-state index contributed by atoms with van der Waals surface area (Å²) in [6, 6.07) is 16.8. The van der Waals surface area contributed by atoms with Gasteiger partial charge in [0.1, 0.15) is 0 Å². The van der Waals surface area contributed by atoms with Gasteiger partial charge < -0.3 is 10.2 Å². The van der Waals surface area contributed by atoms with Gasteiger partial charge in [-0.2, -0.15) is 0 Å². The van der Waals surface area contributed by atoms with Crippen LogP contribution in [0.15, 0.2) is 48.5 Å². The standard InChI is InChI=1S/C23H28ClN3O/c1-17(16-18-2-4-19(24)5-3-18)23(28)25-20-6-8-21(9-7-20)26-12-14-27(15-13-26)22-10-11-22/h2-9,17,22H,10-16H2,1H3,(H,25,28). The molecule has 1 N–H and O–H groups in total. The molecule has 28 heavy (non-hydrogen) atoms. The van der Waals surface area contributed by atoms with Crippen molar-refractivity contribution in [2.75, 3.05) is 36.4 Å². The van der Waals surface area contributed by atoms with E-state index in [9.17, 15) is 4.79 Å². The van der Waals surface area contributed by atoms with Gasteiger partial charge >= 0.3 is 0 Å². The fraction of sp³-hybridized carbons (Fsp3) is 0.435. The lowest BCUT2D eigenvalue weighted by Gasteiger charge is -2.36. The van der Waals surface area contributed by atoms with Crippen LogP contribution < -0.4 is 10.2 Å². The Morgan fingerprint density at radius 2 is 1.68 bits per heavy atom. The highest BCUT2D eigenvalue weighted by Crippen LogP contribution is 2.28. The van der Waals surface area contributed by atoms with Crippen LogP contribution >= 0.6 is 11.6 Å². The van der Waals surface area contributed by atoms with Crippen LogP contribution in [0.25, 0.3) is 0 Å². The van der Waals surface area contributed by atoms with Gasteiger partial charge in [0.05, 0.1) is 0 Å². The van der Waals surface area contributed by atoms with Gasteiger partial charge in [-0.05, 0) is 61.2 Å². The maximum atomic E-state index is 12.5. The molecule has 1 saturated carbocycles. The third kappa shape index (κ3) is 4.86. The number of nitrogens with one attached hydrogen (secondary N) is 1. The molecule has 148 valence electrons. The van der Waals surface area contributed by atoms with Crippen molar-refractivity contribution in [3.63, 3.8) is 0 Å².